The molecule has 1 aliphatic rings. The molecule has 162 valence electrons. The Hall–Kier alpha value is -2.69. The van der Waals surface area contributed by atoms with Crippen molar-refractivity contribution in [1.29, 1.82) is 0 Å². The molecule has 0 bridgehead atoms. The molecule has 3 aromatic rings. The van der Waals surface area contributed by atoms with Crippen molar-refractivity contribution in [3.05, 3.63) is 65.0 Å². The third kappa shape index (κ3) is 4.51. The van der Waals surface area contributed by atoms with Gasteiger partial charge in [-0.15, -0.1) is 11.3 Å². The summed E-state index contributed by atoms with van der Waals surface area (Å²) >= 11 is 1.39. The number of thiophene rings is 1. The van der Waals surface area contributed by atoms with Crippen LogP contribution < -0.4 is 4.72 Å². The van der Waals surface area contributed by atoms with E-state index in [1.165, 1.54) is 29.5 Å². The average molecular weight is 478 g/mol. The van der Waals surface area contributed by atoms with Crippen LogP contribution in [-0.2, 0) is 19.9 Å². The van der Waals surface area contributed by atoms with Gasteiger partial charge in [-0.1, -0.05) is 18.2 Å². The topological polar surface area (TPSA) is 118 Å². The number of nitrogens with one attached hydrogen (secondary N) is 1. The van der Waals surface area contributed by atoms with Crippen LogP contribution >= 0.6 is 11.3 Å². The number of sulfone groups is 1. The average Bonchev–Trinajstić information content (AvgIpc) is 3.40. The highest BCUT2D eigenvalue weighted by Gasteiger charge is 2.31. The summed E-state index contributed by atoms with van der Waals surface area (Å²) in [6.07, 6.45) is 2.71. The van der Waals surface area contributed by atoms with Crippen LogP contribution in [0.3, 0.4) is 0 Å². The van der Waals surface area contributed by atoms with Gasteiger partial charge in [-0.25, -0.2) is 21.6 Å². The number of carboxylic acid groups (broad SMARTS) is 1. The molecule has 10 heteroatoms. The van der Waals surface area contributed by atoms with Gasteiger partial charge in [0.1, 0.15) is 0 Å². The van der Waals surface area contributed by atoms with E-state index in [1.54, 1.807) is 18.2 Å². The zero-order valence-corrected chi connectivity index (χ0v) is 18.9. The largest absolute Gasteiger partial charge is 0.478 e. The molecule has 31 heavy (non-hydrogen) atoms. The Morgan fingerprint density at radius 2 is 1.81 bits per heavy atom. The molecule has 1 aliphatic carbocycles. The van der Waals surface area contributed by atoms with Gasteiger partial charge < -0.3 is 5.11 Å². The second-order valence-corrected chi connectivity index (χ2v) is 12.0. The van der Waals surface area contributed by atoms with Crippen LogP contribution in [0.2, 0.25) is 0 Å². The molecule has 0 spiro atoms. The normalized spacial score (nSPS) is 14.4. The lowest BCUT2D eigenvalue weighted by Crippen LogP contribution is -2.17. The summed E-state index contributed by atoms with van der Waals surface area (Å²) < 4.78 is 53.3. The fourth-order valence-corrected chi connectivity index (χ4v) is 6.13. The maximum Gasteiger partial charge on any atom is 0.335 e. The fourth-order valence-electron chi connectivity index (χ4n) is 3.32. The first-order valence-electron chi connectivity index (χ1n) is 9.34. The first kappa shape index (κ1) is 21.5. The fraction of sp³-hybridized carbons (Fsp3) is 0.190. The van der Waals surface area contributed by atoms with E-state index in [1.807, 2.05) is 11.4 Å². The van der Waals surface area contributed by atoms with Gasteiger partial charge >= 0.3 is 5.97 Å². The van der Waals surface area contributed by atoms with Crippen molar-refractivity contribution < 1.29 is 26.7 Å². The van der Waals surface area contributed by atoms with Gasteiger partial charge in [0.25, 0.3) is 10.0 Å². The third-order valence-corrected chi connectivity index (χ3v) is 8.45. The molecule has 7 nitrogen and oxygen atoms in total. The Balaban J connectivity index is 1.85. The van der Waals surface area contributed by atoms with E-state index in [9.17, 15) is 26.7 Å². The molecule has 2 aromatic carbocycles. The van der Waals surface area contributed by atoms with Crippen molar-refractivity contribution >= 4 is 42.9 Å². The molecule has 0 unspecified atom stereocenters. The van der Waals surface area contributed by atoms with Crippen LogP contribution in [0.25, 0.3) is 10.4 Å². The lowest BCUT2D eigenvalue weighted by Gasteiger charge is -2.16. The first-order valence-corrected chi connectivity index (χ1v) is 13.6. The quantitative estimate of drug-likeness (QED) is 0.527. The number of aromatic carboxylic acids is 1. The predicted octanol–water partition coefficient (Wildman–Crippen LogP) is 4.20. The van der Waals surface area contributed by atoms with Gasteiger partial charge in [0.05, 0.1) is 21.0 Å². The van der Waals surface area contributed by atoms with E-state index in [0.717, 1.165) is 30.0 Å². The minimum absolute atomic E-state index is 0.0211. The summed E-state index contributed by atoms with van der Waals surface area (Å²) in [7, 11) is -7.75. The molecular weight excluding hydrogens is 458 g/mol. The maximum atomic E-state index is 13.4. The lowest BCUT2D eigenvalue weighted by molar-refractivity contribution is 0.0696. The maximum absolute atomic E-state index is 13.4. The van der Waals surface area contributed by atoms with E-state index in [4.69, 9.17) is 0 Å². The number of rotatable bonds is 7. The predicted molar refractivity (Wildman–Crippen MR) is 119 cm³/mol. The van der Waals surface area contributed by atoms with Gasteiger partial charge in [0, 0.05) is 16.7 Å². The van der Waals surface area contributed by atoms with Gasteiger partial charge in [0.2, 0.25) is 0 Å². The van der Waals surface area contributed by atoms with Crippen LogP contribution in [0, 0.1) is 0 Å². The molecule has 0 radical (unpaired) electrons. The number of hydrogen-bond acceptors (Lipinski definition) is 6. The molecule has 1 aromatic heterocycles. The molecule has 0 atom stereocenters. The molecule has 2 N–H and O–H groups in total. The Morgan fingerprint density at radius 1 is 1.06 bits per heavy atom. The van der Waals surface area contributed by atoms with Crippen molar-refractivity contribution in [2.75, 3.05) is 11.0 Å². The summed E-state index contributed by atoms with van der Waals surface area (Å²) in [5, 5.41) is 11.2. The van der Waals surface area contributed by atoms with Gasteiger partial charge in [-0.05, 0) is 60.0 Å². The number of sulfonamides is 1. The zero-order valence-electron chi connectivity index (χ0n) is 16.4. The smallest absolute Gasteiger partial charge is 0.335 e. The molecule has 1 saturated carbocycles. The van der Waals surface area contributed by atoms with Crippen LogP contribution in [0.1, 0.15) is 34.7 Å². The first-order chi connectivity index (χ1) is 14.6. The summed E-state index contributed by atoms with van der Waals surface area (Å²) in [6, 6.07) is 12.0. The van der Waals surface area contributed by atoms with Crippen molar-refractivity contribution in [3.63, 3.8) is 0 Å². The van der Waals surface area contributed by atoms with Crippen molar-refractivity contribution in [2.45, 2.75) is 28.6 Å². The molecule has 1 heterocycles. The van der Waals surface area contributed by atoms with Crippen molar-refractivity contribution in [1.82, 2.24) is 0 Å². The number of benzene rings is 2. The standard InChI is InChI=1S/C21H19NO6S3/c1-30(25,26)15-7-9-17(19-3-2-10-29-19)18(12-15)22-31(27,28)20-11-14(21(23)24)6-8-16(20)13-4-5-13/h2-3,6-13,22H,4-5H2,1H3,(H,23,24). The third-order valence-electron chi connectivity index (χ3n) is 5.02. The van der Waals surface area contributed by atoms with E-state index >= 15 is 0 Å². The molecule has 0 saturated heterocycles. The van der Waals surface area contributed by atoms with E-state index in [2.05, 4.69) is 4.72 Å². The van der Waals surface area contributed by atoms with Gasteiger partial charge in [-0.2, -0.15) is 0 Å². The Morgan fingerprint density at radius 3 is 2.39 bits per heavy atom. The van der Waals surface area contributed by atoms with Crippen LogP contribution in [0.15, 0.2) is 63.7 Å². The highest BCUT2D eigenvalue weighted by atomic mass is 32.2. The summed E-state index contributed by atoms with van der Waals surface area (Å²) in [6.45, 7) is 0. The Kier molecular flexibility index (Phi) is 5.40. The molecular formula is C21H19NO6S3. The highest BCUT2D eigenvalue weighted by Crippen LogP contribution is 2.44. The monoisotopic (exact) mass is 477 g/mol. The van der Waals surface area contributed by atoms with Crippen molar-refractivity contribution in [2.24, 2.45) is 0 Å². The van der Waals surface area contributed by atoms with Crippen molar-refractivity contribution in [3.8, 4) is 10.4 Å². The zero-order chi connectivity index (χ0) is 22.4. The minimum Gasteiger partial charge on any atom is -0.478 e. The minimum atomic E-state index is -4.18. The molecule has 0 amide bonds. The number of carbonyl (C=O) groups is 1. The highest BCUT2D eigenvalue weighted by molar-refractivity contribution is 7.92. The number of hydrogen-bond donors (Lipinski definition) is 2. The lowest BCUT2D eigenvalue weighted by atomic mass is 10.1. The number of anilines is 1. The number of carboxylic acids is 1. The molecule has 0 aliphatic heterocycles. The van der Waals surface area contributed by atoms with E-state index < -0.39 is 25.8 Å². The van der Waals surface area contributed by atoms with E-state index in [0.29, 0.717) is 11.1 Å². The molecule has 1 fully saturated rings. The second kappa shape index (κ2) is 7.77. The Labute approximate surface area is 184 Å². The van der Waals surface area contributed by atoms with Gasteiger partial charge in [-0.3, -0.25) is 4.72 Å². The summed E-state index contributed by atoms with van der Waals surface area (Å²) in [5.41, 5.74) is 1.09. The second-order valence-electron chi connectivity index (χ2n) is 7.39. The van der Waals surface area contributed by atoms with Crippen LogP contribution in [0.4, 0.5) is 5.69 Å². The van der Waals surface area contributed by atoms with E-state index in [-0.39, 0.29) is 27.0 Å². The van der Waals surface area contributed by atoms with Gasteiger partial charge in [0.15, 0.2) is 9.84 Å². The molecule has 4 rings (SSSR count). The van der Waals surface area contributed by atoms with Crippen LogP contribution in [0.5, 0.6) is 0 Å². The Bertz CT molecular complexity index is 1370. The van der Waals surface area contributed by atoms with Crippen LogP contribution in [-0.4, -0.2) is 34.2 Å². The SMILES string of the molecule is CS(=O)(=O)c1ccc(-c2cccs2)c(NS(=O)(=O)c2cc(C(=O)O)ccc2C2CC2)c1. The summed E-state index contributed by atoms with van der Waals surface area (Å²) in [5.74, 6) is -1.16. The summed E-state index contributed by atoms with van der Waals surface area (Å²) in [4.78, 5) is 12.1.